The minimum Gasteiger partial charge on any atom is -0.360 e. The third-order valence-corrected chi connectivity index (χ3v) is 1.79. The van der Waals surface area contributed by atoms with Gasteiger partial charge in [-0.25, -0.2) is 0 Å². The predicted octanol–water partition coefficient (Wildman–Crippen LogP) is 0.716. The molecule has 0 aromatic heterocycles. The van der Waals surface area contributed by atoms with E-state index in [1.165, 1.54) is 0 Å². The molecule has 1 fully saturated rings. The Hall–Kier alpha value is -0.0800. The fourth-order valence-corrected chi connectivity index (χ4v) is 1.02. The van der Waals surface area contributed by atoms with Gasteiger partial charge < -0.3 is 10.5 Å². The molecule has 1 heterocycles. The van der Waals surface area contributed by atoms with Crippen LogP contribution in [-0.2, 0) is 4.74 Å². The van der Waals surface area contributed by atoms with Crippen LogP contribution in [0.5, 0.6) is 0 Å². The largest absolute Gasteiger partial charge is 0.360 e. The van der Waals surface area contributed by atoms with Crippen LogP contribution in [0.15, 0.2) is 0 Å². The summed E-state index contributed by atoms with van der Waals surface area (Å²) in [7, 11) is 0. The van der Waals surface area contributed by atoms with Crippen LogP contribution in [0, 0.1) is 5.92 Å². The molecule has 0 bridgehead atoms. The zero-order chi connectivity index (χ0) is 6.15. The molecule has 1 rings (SSSR count). The number of ether oxygens (including phenoxy) is 1. The maximum atomic E-state index is 5.49. The minimum absolute atomic E-state index is 0.000000000000000444. The molecular weight excluding hydrogens is 102 g/mol. The Balaban J connectivity index is 2.39. The van der Waals surface area contributed by atoms with Crippen molar-refractivity contribution in [2.24, 2.45) is 11.7 Å². The molecular formula is C6H13NO. The molecule has 0 aliphatic carbocycles. The molecule has 2 N–H and O–H groups in total. The summed E-state index contributed by atoms with van der Waals surface area (Å²) >= 11 is 0. The number of rotatable bonds is 0. The fourth-order valence-electron chi connectivity index (χ4n) is 1.02. The zero-order valence-corrected chi connectivity index (χ0v) is 5.42. The standard InChI is InChI=1S/C6H13NO/c1-4-3-6(7)8-5(4)2/h4-6H,3,7H2,1-2H3. The summed E-state index contributed by atoms with van der Waals surface area (Å²) in [5.74, 6) is 0.644. The van der Waals surface area contributed by atoms with Crippen molar-refractivity contribution in [1.82, 2.24) is 0 Å². The first-order chi connectivity index (χ1) is 3.70. The maximum absolute atomic E-state index is 5.49. The first-order valence-corrected chi connectivity index (χ1v) is 3.11. The third-order valence-electron chi connectivity index (χ3n) is 1.79. The summed E-state index contributed by atoms with van der Waals surface area (Å²) in [5.41, 5.74) is 5.49. The lowest BCUT2D eigenvalue weighted by Gasteiger charge is -2.05. The lowest BCUT2D eigenvalue weighted by Crippen LogP contribution is -2.18. The van der Waals surface area contributed by atoms with Crippen LogP contribution in [0.25, 0.3) is 0 Å². The Kier molecular flexibility index (Phi) is 1.54. The van der Waals surface area contributed by atoms with E-state index < -0.39 is 0 Å². The van der Waals surface area contributed by atoms with Gasteiger partial charge in [0.05, 0.1) is 6.10 Å². The summed E-state index contributed by atoms with van der Waals surface area (Å²) in [6, 6.07) is 0. The van der Waals surface area contributed by atoms with Gasteiger partial charge in [-0.3, -0.25) is 0 Å². The number of nitrogens with two attached hydrogens (primary N) is 1. The summed E-state index contributed by atoms with van der Waals surface area (Å²) < 4.78 is 5.25. The Labute approximate surface area is 50.0 Å². The van der Waals surface area contributed by atoms with Gasteiger partial charge in [-0.15, -0.1) is 0 Å². The Morgan fingerprint density at radius 2 is 2.12 bits per heavy atom. The van der Waals surface area contributed by atoms with Gasteiger partial charge in [0.15, 0.2) is 0 Å². The van der Waals surface area contributed by atoms with Crippen molar-refractivity contribution in [2.75, 3.05) is 0 Å². The van der Waals surface area contributed by atoms with E-state index in [0.717, 1.165) is 6.42 Å². The second-order valence-electron chi connectivity index (χ2n) is 2.59. The Bertz CT molecular complexity index is 74.6. The van der Waals surface area contributed by atoms with Crippen molar-refractivity contribution >= 4 is 0 Å². The van der Waals surface area contributed by atoms with Crippen LogP contribution in [-0.4, -0.2) is 12.3 Å². The highest BCUT2D eigenvalue weighted by Gasteiger charge is 2.25. The first kappa shape index (κ1) is 6.05. The van der Waals surface area contributed by atoms with Crippen LogP contribution in [0.3, 0.4) is 0 Å². The smallest absolute Gasteiger partial charge is 0.106 e. The van der Waals surface area contributed by atoms with E-state index in [1.807, 2.05) is 0 Å². The number of hydrogen-bond acceptors (Lipinski definition) is 2. The van der Waals surface area contributed by atoms with Crippen LogP contribution >= 0.6 is 0 Å². The second kappa shape index (κ2) is 2.03. The Morgan fingerprint density at radius 3 is 2.25 bits per heavy atom. The van der Waals surface area contributed by atoms with E-state index in [1.54, 1.807) is 0 Å². The highest BCUT2D eigenvalue weighted by Crippen LogP contribution is 2.21. The zero-order valence-electron chi connectivity index (χ0n) is 5.42. The van der Waals surface area contributed by atoms with Crippen molar-refractivity contribution in [1.29, 1.82) is 0 Å². The molecule has 2 nitrogen and oxygen atoms in total. The monoisotopic (exact) mass is 115 g/mol. The minimum atomic E-state index is -0.000000000000000444. The van der Waals surface area contributed by atoms with Crippen molar-refractivity contribution in [2.45, 2.75) is 32.6 Å². The molecule has 0 amide bonds. The molecule has 8 heavy (non-hydrogen) atoms. The molecule has 1 saturated heterocycles. The van der Waals surface area contributed by atoms with Crippen molar-refractivity contribution in [3.63, 3.8) is 0 Å². The Morgan fingerprint density at radius 1 is 1.50 bits per heavy atom. The third kappa shape index (κ3) is 1.01. The van der Waals surface area contributed by atoms with E-state index in [9.17, 15) is 0 Å². The molecule has 1 aliphatic heterocycles. The summed E-state index contributed by atoms with van der Waals surface area (Å²) in [6.07, 6.45) is 1.38. The molecule has 48 valence electrons. The SMILES string of the molecule is CC1CC(N)OC1C. The topological polar surface area (TPSA) is 35.2 Å². The van der Waals surface area contributed by atoms with Gasteiger partial charge >= 0.3 is 0 Å². The summed E-state index contributed by atoms with van der Waals surface area (Å²) in [6.45, 7) is 4.23. The van der Waals surface area contributed by atoms with Gasteiger partial charge in [0, 0.05) is 0 Å². The lowest BCUT2D eigenvalue weighted by molar-refractivity contribution is 0.0515. The molecule has 3 unspecified atom stereocenters. The van der Waals surface area contributed by atoms with Gasteiger partial charge in [-0.05, 0) is 19.3 Å². The van der Waals surface area contributed by atoms with Crippen molar-refractivity contribution < 1.29 is 4.74 Å². The average molecular weight is 115 g/mol. The normalized spacial score (nSPS) is 47.6. The van der Waals surface area contributed by atoms with Crippen LogP contribution < -0.4 is 5.73 Å². The van der Waals surface area contributed by atoms with Gasteiger partial charge in [0.2, 0.25) is 0 Å². The first-order valence-electron chi connectivity index (χ1n) is 3.11. The molecule has 1 aliphatic rings. The molecule has 2 heteroatoms. The van der Waals surface area contributed by atoms with Crippen molar-refractivity contribution in [3.8, 4) is 0 Å². The van der Waals surface area contributed by atoms with Gasteiger partial charge in [-0.2, -0.15) is 0 Å². The van der Waals surface area contributed by atoms with Crippen LogP contribution in [0.1, 0.15) is 20.3 Å². The molecule has 0 aromatic carbocycles. The lowest BCUT2D eigenvalue weighted by atomic mass is 10.1. The van der Waals surface area contributed by atoms with E-state index in [0.29, 0.717) is 12.0 Å². The van der Waals surface area contributed by atoms with Gasteiger partial charge in [0.1, 0.15) is 6.23 Å². The van der Waals surface area contributed by atoms with E-state index in [4.69, 9.17) is 10.5 Å². The molecule has 0 radical (unpaired) electrons. The highest BCUT2D eigenvalue weighted by molar-refractivity contribution is 4.72. The molecule has 0 aromatic rings. The molecule has 0 spiro atoms. The maximum Gasteiger partial charge on any atom is 0.106 e. The van der Waals surface area contributed by atoms with E-state index in [-0.39, 0.29) is 6.23 Å². The van der Waals surface area contributed by atoms with Crippen molar-refractivity contribution in [3.05, 3.63) is 0 Å². The second-order valence-corrected chi connectivity index (χ2v) is 2.59. The molecule has 0 saturated carbocycles. The quantitative estimate of drug-likeness (QED) is 0.504. The van der Waals surface area contributed by atoms with Crippen LogP contribution in [0.2, 0.25) is 0 Å². The van der Waals surface area contributed by atoms with Gasteiger partial charge in [-0.1, -0.05) is 6.92 Å². The predicted molar refractivity (Wildman–Crippen MR) is 32.3 cm³/mol. The van der Waals surface area contributed by atoms with E-state index in [2.05, 4.69) is 13.8 Å². The fraction of sp³-hybridized carbons (Fsp3) is 1.00. The van der Waals surface area contributed by atoms with Gasteiger partial charge in [0.25, 0.3) is 0 Å². The highest BCUT2D eigenvalue weighted by atomic mass is 16.5. The number of hydrogen-bond donors (Lipinski definition) is 1. The van der Waals surface area contributed by atoms with E-state index >= 15 is 0 Å². The van der Waals surface area contributed by atoms with Crippen LogP contribution in [0.4, 0.5) is 0 Å². The average Bonchev–Trinajstić information content (AvgIpc) is 1.85. The molecule has 3 atom stereocenters. The summed E-state index contributed by atoms with van der Waals surface area (Å²) in [5, 5.41) is 0. The summed E-state index contributed by atoms with van der Waals surface area (Å²) in [4.78, 5) is 0.